The first-order valence-electron chi connectivity index (χ1n) is 4.21. The molecule has 0 spiro atoms. The van der Waals surface area contributed by atoms with Crippen molar-refractivity contribution in [3.05, 3.63) is 36.4 Å². The molecule has 0 saturated heterocycles. The van der Waals surface area contributed by atoms with Gasteiger partial charge in [0.2, 0.25) is 0 Å². The lowest BCUT2D eigenvalue weighted by atomic mass is 10.4. The molecule has 0 fully saturated rings. The highest BCUT2D eigenvalue weighted by Crippen LogP contribution is 2.22. The second-order valence-electron chi connectivity index (χ2n) is 2.87. The van der Waals surface area contributed by atoms with Crippen LogP contribution in [0.2, 0.25) is 0 Å². The fourth-order valence-electron chi connectivity index (χ4n) is 1.48. The van der Waals surface area contributed by atoms with E-state index in [9.17, 15) is 0 Å². The summed E-state index contributed by atoms with van der Waals surface area (Å²) in [4.78, 5) is 0. The zero-order valence-electron chi connectivity index (χ0n) is 7.44. The molecule has 0 radical (unpaired) electrons. The standard InChI is InChI=1S/C9H13N3/c1-3-10-7-8-11-6-4-5-9(2)12(10)11/h4-8H,3H2,1-2H3. The summed E-state index contributed by atoms with van der Waals surface area (Å²) in [6.45, 7) is 5.23. The van der Waals surface area contributed by atoms with Gasteiger partial charge in [0.1, 0.15) is 0 Å². The number of hydrazine groups is 2. The predicted octanol–water partition coefficient (Wildman–Crippen LogP) is 1.66. The Labute approximate surface area is 72.8 Å². The third kappa shape index (κ3) is 0.897. The first kappa shape index (κ1) is 7.28. The zero-order chi connectivity index (χ0) is 8.55. The summed E-state index contributed by atoms with van der Waals surface area (Å²) in [7, 11) is 0. The molecule has 2 heterocycles. The van der Waals surface area contributed by atoms with Crippen molar-refractivity contribution in [1.29, 1.82) is 0 Å². The van der Waals surface area contributed by atoms with Crippen LogP contribution in [0, 0.1) is 0 Å². The van der Waals surface area contributed by atoms with Gasteiger partial charge < -0.3 is 0 Å². The van der Waals surface area contributed by atoms with E-state index in [0.717, 1.165) is 6.54 Å². The molecule has 0 aromatic heterocycles. The molecule has 64 valence electrons. The summed E-state index contributed by atoms with van der Waals surface area (Å²) in [6, 6.07) is 0. The summed E-state index contributed by atoms with van der Waals surface area (Å²) >= 11 is 0. The van der Waals surface area contributed by atoms with Crippen molar-refractivity contribution in [2.75, 3.05) is 6.54 Å². The van der Waals surface area contributed by atoms with Gasteiger partial charge in [-0.2, -0.15) is 5.12 Å². The van der Waals surface area contributed by atoms with E-state index in [1.54, 1.807) is 0 Å². The van der Waals surface area contributed by atoms with Crippen LogP contribution < -0.4 is 0 Å². The molecule has 2 aliphatic heterocycles. The highest BCUT2D eigenvalue weighted by Gasteiger charge is 2.22. The second-order valence-corrected chi connectivity index (χ2v) is 2.87. The van der Waals surface area contributed by atoms with Gasteiger partial charge in [-0.3, -0.25) is 5.01 Å². The topological polar surface area (TPSA) is 9.72 Å². The lowest BCUT2D eigenvalue weighted by molar-refractivity contribution is -0.0449. The van der Waals surface area contributed by atoms with Crippen LogP contribution in [0.4, 0.5) is 0 Å². The van der Waals surface area contributed by atoms with E-state index >= 15 is 0 Å². The highest BCUT2D eigenvalue weighted by atomic mass is 15.9. The molecule has 0 aromatic carbocycles. The van der Waals surface area contributed by atoms with Gasteiger partial charge in [0.25, 0.3) is 0 Å². The van der Waals surface area contributed by atoms with Crippen LogP contribution in [0.5, 0.6) is 0 Å². The molecule has 0 saturated carbocycles. The van der Waals surface area contributed by atoms with E-state index in [2.05, 4.69) is 53.5 Å². The minimum Gasteiger partial charge on any atom is -0.273 e. The van der Waals surface area contributed by atoms with Crippen LogP contribution in [0.1, 0.15) is 13.8 Å². The Kier molecular flexibility index (Phi) is 1.57. The molecule has 0 atom stereocenters. The first-order valence-corrected chi connectivity index (χ1v) is 4.21. The fraction of sp³-hybridized carbons (Fsp3) is 0.333. The molecular formula is C9H13N3. The van der Waals surface area contributed by atoms with Gasteiger partial charge in [-0.05, 0) is 26.0 Å². The molecule has 0 amide bonds. The van der Waals surface area contributed by atoms with Crippen LogP contribution in [-0.4, -0.2) is 21.7 Å². The quantitative estimate of drug-likeness (QED) is 0.582. The molecule has 12 heavy (non-hydrogen) atoms. The summed E-state index contributed by atoms with van der Waals surface area (Å²) < 4.78 is 0. The van der Waals surface area contributed by atoms with Crippen LogP contribution in [0.15, 0.2) is 36.4 Å². The SMILES string of the molecule is CCN1C=CN2C=CC=C(C)N21. The largest absolute Gasteiger partial charge is 0.273 e. The first-order chi connectivity index (χ1) is 5.83. The minimum atomic E-state index is 0.992. The average Bonchev–Trinajstić information content (AvgIpc) is 2.49. The summed E-state index contributed by atoms with van der Waals surface area (Å²) in [5, 5.41) is 6.37. The number of fused-ring (bicyclic) bond motifs is 1. The Morgan fingerprint density at radius 1 is 1.25 bits per heavy atom. The van der Waals surface area contributed by atoms with Crippen molar-refractivity contribution >= 4 is 0 Å². The molecule has 0 bridgehead atoms. The highest BCUT2D eigenvalue weighted by molar-refractivity contribution is 5.16. The Morgan fingerprint density at radius 3 is 2.83 bits per heavy atom. The van der Waals surface area contributed by atoms with Gasteiger partial charge in [0, 0.05) is 25.1 Å². The minimum absolute atomic E-state index is 0.992. The lowest BCUT2D eigenvalue weighted by Crippen LogP contribution is -2.41. The monoisotopic (exact) mass is 163 g/mol. The molecule has 0 aliphatic carbocycles. The average molecular weight is 163 g/mol. The van der Waals surface area contributed by atoms with E-state index in [4.69, 9.17) is 0 Å². The maximum Gasteiger partial charge on any atom is 0.0563 e. The van der Waals surface area contributed by atoms with E-state index < -0.39 is 0 Å². The zero-order valence-corrected chi connectivity index (χ0v) is 7.44. The van der Waals surface area contributed by atoms with Crippen molar-refractivity contribution in [3.63, 3.8) is 0 Å². The molecule has 3 nitrogen and oxygen atoms in total. The number of nitrogens with zero attached hydrogens (tertiary/aromatic N) is 3. The Morgan fingerprint density at radius 2 is 2.08 bits per heavy atom. The normalized spacial score (nSPS) is 20.2. The molecule has 0 aromatic rings. The summed E-state index contributed by atoms with van der Waals surface area (Å²) in [6.07, 6.45) is 10.3. The molecule has 0 unspecified atom stereocenters. The Hall–Kier alpha value is -1.38. The van der Waals surface area contributed by atoms with E-state index in [1.165, 1.54) is 5.70 Å². The Balaban J connectivity index is 2.25. The molecule has 2 rings (SSSR count). The Bertz CT molecular complexity index is 265. The third-order valence-electron chi connectivity index (χ3n) is 2.07. The molecule has 2 aliphatic rings. The van der Waals surface area contributed by atoms with Gasteiger partial charge in [0.05, 0.1) is 5.70 Å². The van der Waals surface area contributed by atoms with Crippen molar-refractivity contribution in [3.8, 4) is 0 Å². The number of hydrogen-bond acceptors (Lipinski definition) is 3. The molecular weight excluding hydrogens is 150 g/mol. The second kappa shape index (κ2) is 2.59. The lowest BCUT2D eigenvalue weighted by Gasteiger charge is -2.36. The predicted molar refractivity (Wildman–Crippen MR) is 48.1 cm³/mol. The van der Waals surface area contributed by atoms with Gasteiger partial charge in [-0.25, -0.2) is 5.01 Å². The molecule has 0 N–H and O–H groups in total. The van der Waals surface area contributed by atoms with Crippen LogP contribution in [-0.2, 0) is 0 Å². The van der Waals surface area contributed by atoms with Crippen molar-refractivity contribution in [2.45, 2.75) is 13.8 Å². The van der Waals surface area contributed by atoms with E-state index in [1.807, 2.05) is 6.20 Å². The van der Waals surface area contributed by atoms with Gasteiger partial charge in [-0.15, -0.1) is 0 Å². The van der Waals surface area contributed by atoms with Crippen LogP contribution in [0.25, 0.3) is 0 Å². The maximum absolute atomic E-state index is 2.16. The maximum atomic E-state index is 2.16. The van der Waals surface area contributed by atoms with Gasteiger partial charge in [-0.1, -0.05) is 0 Å². The van der Waals surface area contributed by atoms with Crippen LogP contribution in [0.3, 0.4) is 0 Å². The van der Waals surface area contributed by atoms with Crippen molar-refractivity contribution in [1.82, 2.24) is 15.1 Å². The smallest absolute Gasteiger partial charge is 0.0563 e. The van der Waals surface area contributed by atoms with Gasteiger partial charge >= 0.3 is 0 Å². The van der Waals surface area contributed by atoms with Crippen molar-refractivity contribution < 1.29 is 0 Å². The molecule has 3 heteroatoms. The van der Waals surface area contributed by atoms with E-state index in [-0.39, 0.29) is 0 Å². The van der Waals surface area contributed by atoms with Crippen LogP contribution >= 0.6 is 0 Å². The number of hydrogen-bond donors (Lipinski definition) is 0. The summed E-state index contributed by atoms with van der Waals surface area (Å²) in [5.74, 6) is 0. The summed E-state index contributed by atoms with van der Waals surface area (Å²) in [5.41, 5.74) is 1.24. The fourth-order valence-corrected chi connectivity index (χ4v) is 1.48. The number of allylic oxidation sites excluding steroid dienone is 3. The third-order valence-corrected chi connectivity index (χ3v) is 2.07. The van der Waals surface area contributed by atoms with E-state index in [0.29, 0.717) is 0 Å². The van der Waals surface area contributed by atoms with Gasteiger partial charge in [0.15, 0.2) is 0 Å². The number of rotatable bonds is 1. The van der Waals surface area contributed by atoms with Crippen molar-refractivity contribution in [2.24, 2.45) is 0 Å².